The van der Waals surface area contributed by atoms with E-state index in [-0.39, 0.29) is 19.8 Å². The fourth-order valence-electron chi connectivity index (χ4n) is 5.91. The third-order valence-corrected chi connectivity index (χ3v) is 9.58. The van der Waals surface area contributed by atoms with Gasteiger partial charge in [0.2, 0.25) is 0 Å². The normalized spacial score (nSPS) is 12.0. The molecule has 0 unspecified atom stereocenters. The minimum atomic E-state index is -0.781. The van der Waals surface area contributed by atoms with Crippen molar-refractivity contribution in [3.05, 3.63) is 24.3 Å². The Labute approximate surface area is 292 Å². The molecule has 0 aliphatic rings. The Balaban J connectivity index is 3.87. The largest absolute Gasteiger partial charge is 0.462 e. The summed E-state index contributed by atoms with van der Waals surface area (Å²) in [5, 5.41) is 10.0. The highest BCUT2D eigenvalue weighted by Gasteiger charge is 2.31. The van der Waals surface area contributed by atoms with Crippen LogP contribution < -0.4 is 0 Å². The summed E-state index contributed by atoms with van der Waals surface area (Å²) in [5.74, 6) is -0.815. The van der Waals surface area contributed by atoms with Gasteiger partial charge in [0.05, 0.1) is 12.0 Å². The predicted molar refractivity (Wildman–Crippen MR) is 201 cm³/mol. The summed E-state index contributed by atoms with van der Waals surface area (Å²) >= 11 is 0. The van der Waals surface area contributed by atoms with Crippen LogP contribution in [0.25, 0.3) is 0 Å². The van der Waals surface area contributed by atoms with E-state index in [9.17, 15) is 14.7 Å². The zero-order valence-corrected chi connectivity index (χ0v) is 31.5. The van der Waals surface area contributed by atoms with Gasteiger partial charge < -0.3 is 14.6 Å². The smallest absolute Gasteiger partial charge is 0.330 e. The molecular weight excluding hydrogens is 584 g/mol. The lowest BCUT2D eigenvalue weighted by molar-refractivity contribution is -0.150. The standard InChI is InChI=1S/C42H78O5/c1-4-7-9-11-13-15-17-19-21-23-25-27-29-31-33-35-40(44)46-38-42(6-3,37-43)39-47-41(45)36-34-32-30-28-26-24-22-20-18-16-14-12-10-8-5-2/h33-36,43H,4-32,37-39H2,1-3H3/b35-33+,36-34+. The van der Waals surface area contributed by atoms with Gasteiger partial charge in [-0.25, -0.2) is 9.59 Å². The van der Waals surface area contributed by atoms with Crippen LogP contribution in [0.2, 0.25) is 0 Å². The van der Waals surface area contributed by atoms with Crippen molar-refractivity contribution in [3.8, 4) is 0 Å². The summed E-state index contributed by atoms with van der Waals surface area (Å²) in [6, 6.07) is 0. The van der Waals surface area contributed by atoms with Crippen molar-refractivity contribution in [2.75, 3.05) is 19.8 Å². The molecule has 0 radical (unpaired) electrons. The van der Waals surface area contributed by atoms with E-state index in [0.29, 0.717) is 6.42 Å². The summed E-state index contributed by atoms with van der Waals surface area (Å²) in [4.78, 5) is 24.5. The number of allylic oxidation sites excluding steroid dienone is 2. The van der Waals surface area contributed by atoms with Gasteiger partial charge in [0.15, 0.2) is 0 Å². The van der Waals surface area contributed by atoms with Crippen LogP contribution in [-0.4, -0.2) is 36.9 Å². The molecule has 0 aromatic rings. The molecule has 0 fully saturated rings. The molecule has 5 heteroatoms. The van der Waals surface area contributed by atoms with Crippen molar-refractivity contribution in [1.29, 1.82) is 0 Å². The third-order valence-electron chi connectivity index (χ3n) is 9.58. The zero-order valence-electron chi connectivity index (χ0n) is 31.5. The van der Waals surface area contributed by atoms with Crippen LogP contribution in [0.3, 0.4) is 0 Å². The van der Waals surface area contributed by atoms with E-state index in [1.807, 2.05) is 19.1 Å². The molecule has 0 aliphatic carbocycles. The first-order chi connectivity index (χ1) is 23.0. The molecule has 0 amide bonds. The maximum Gasteiger partial charge on any atom is 0.330 e. The molecule has 47 heavy (non-hydrogen) atoms. The highest BCUT2D eigenvalue weighted by Crippen LogP contribution is 2.23. The lowest BCUT2D eigenvalue weighted by atomic mass is 9.88. The topological polar surface area (TPSA) is 72.8 Å². The van der Waals surface area contributed by atoms with Crippen molar-refractivity contribution in [1.82, 2.24) is 0 Å². The molecule has 0 atom stereocenters. The summed E-state index contributed by atoms with van der Waals surface area (Å²) in [7, 11) is 0. The summed E-state index contributed by atoms with van der Waals surface area (Å²) < 4.78 is 10.9. The lowest BCUT2D eigenvalue weighted by Crippen LogP contribution is -2.37. The maximum absolute atomic E-state index is 12.3. The number of carbonyl (C=O) groups excluding carboxylic acids is 2. The molecule has 276 valence electrons. The molecule has 0 saturated carbocycles. The molecule has 0 heterocycles. The number of unbranched alkanes of at least 4 members (excludes halogenated alkanes) is 26. The van der Waals surface area contributed by atoms with Crippen LogP contribution in [-0.2, 0) is 19.1 Å². The number of aliphatic hydroxyl groups is 1. The molecule has 0 saturated heterocycles. The first-order valence-electron chi connectivity index (χ1n) is 20.3. The Kier molecular flexibility index (Phi) is 34.5. The van der Waals surface area contributed by atoms with Crippen LogP contribution >= 0.6 is 0 Å². The van der Waals surface area contributed by atoms with Crippen LogP contribution in [0, 0.1) is 5.41 Å². The van der Waals surface area contributed by atoms with E-state index < -0.39 is 17.4 Å². The summed E-state index contributed by atoms with van der Waals surface area (Å²) in [6.45, 7) is 6.28. The quantitative estimate of drug-likeness (QED) is 0.0410. The molecule has 1 N–H and O–H groups in total. The van der Waals surface area contributed by atoms with E-state index in [0.717, 1.165) is 25.7 Å². The van der Waals surface area contributed by atoms with Gasteiger partial charge in [-0.05, 0) is 32.1 Å². The molecule has 0 bridgehead atoms. The first-order valence-corrected chi connectivity index (χ1v) is 20.3. The van der Waals surface area contributed by atoms with Crippen molar-refractivity contribution >= 4 is 11.9 Å². The van der Waals surface area contributed by atoms with Crippen LogP contribution in [0.4, 0.5) is 0 Å². The van der Waals surface area contributed by atoms with E-state index in [1.54, 1.807) is 0 Å². The van der Waals surface area contributed by atoms with Gasteiger partial charge in [-0.1, -0.05) is 187 Å². The SMILES string of the molecule is CCCCCCCCCCCCCCC/C=C/C(=O)OCC(CC)(CO)COC(=O)/C=C/CCCCCCCCCCCCCCC. The average molecular weight is 663 g/mol. The van der Waals surface area contributed by atoms with Crippen LogP contribution in [0.5, 0.6) is 0 Å². The number of hydrogen-bond donors (Lipinski definition) is 1. The van der Waals surface area contributed by atoms with Crippen molar-refractivity contribution in [3.63, 3.8) is 0 Å². The Morgan fingerprint density at radius 3 is 1.00 bits per heavy atom. The molecule has 5 nitrogen and oxygen atoms in total. The van der Waals surface area contributed by atoms with Crippen LogP contribution in [0.15, 0.2) is 24.3 Å². The Morgan fingerprint density at radius 2 is 0.745 bits per heavy atom. The number of esters is 2. The van der Waals surface area contributed by atoms with Crippen molar-refractivity contribution < 1.29 is 24.2 Å². The summed E-state index contributed by atoms with van der Waals surface area (Å²) in [6.07, 6.45) is 43.5. The molecule has 0 spiro atoms. The van der Waals surface area contributed by atoms with Crippen LogP contribution in [0.1, 0.15) is 207 Å². The Bertz CT molecular complexity index is 681. The minimum Gasteiger partial charge on any atom is -0.462 e. The average Bonchev–Trinajstić information content (AvgIpc) is 3.08. The third kappa shape index (κ3) is 31.4. The fraction of sp³-hybridized carbons (Fsp3) is 0.857. The predicted octanol–water partition coefficient (Wildman–Crippen LogP) is 12.5. The van der Waals surface area contributed by atoms with Gasteiger partial charge >= 0.3 is 11.9 Å². The molecule has 0 aliphatic heterocycles. The number of aliphatic hydroxyl groups excluding tert-OH is 1. The van der Waals surface area contributed by atoms with Gasteiger partial charge in [0.25, 0.3) is 0 Å². The second kappa shape index (κ2) is 35.7. The van der Waals surface area contributed by atoms with Gasteiger partial charge in [-0.15, -0.1) is 0 Å². The lowest BCUT2D eigenvalue weighted by Gasteiger charge is -2.29. The minimum absolute atomic E-state index is 0.0257. The number of rotatable bonds is 36. The van der Waals surface area contributed by atoms with E-state index >= 15 is 0 Å². The van der Waals surface area contributed by atoms with E-state index in [4.69, 9.17) is 9.47 Å². The van der Waals surface area contributed by atoms with Crippen molar-refractivity contribution in [2.45, 2.75) is 207 Å². The van der Waals surface area contributed by atoms with Crippen molar-refractivity contribution in [2.24, 2.45) is 5.41 Å². The molecule has 0 aromatic carbocycles. The molecule has 0 aromatic heterocycles. The second-order valence-corrected chi connectivity index (χ2v) is 14.1. The van der Waals surface area contributed by atoms with Gasteiger partial charge in [0, 0.05) is 12.2 Å². The number of ether oxygens (including phenoxy) is 2. The second-order valence-electron chi connectivity index (χ2n) is 14.1. The van der Waals surface area contributed by atoms with E-state index in [2.05, 4.69) is 13.8 Å². The monoisotopic (exact) mass is 663 g/mol. The first kappa shape index (κ1) is 45.4. The van der Waals surface area contributed by atoms with E-state index in [1.165, 1.54) is 166 Å². The van der Waals surface area contributed by atoms with Gasteiger partial charge in [0.1, 0.15) is 13.2 Å². The fourth-order valence-corrected chi connectivity index (χ4v) is 5.91. The molecular formula is C42H78O5. The Morgan fingerprint density at radius 1 is 0.468 bits per heavy atom. The highest BCUT2D eigenvalue weighted by molar-refractivity contribution is 5.82. The van der Waals surface area contributed by atoms with Gasteiger partial charge in [-0.2, -0.15) is 0 Å². The highest BCUT2D eigenvalue weighted by atomic mass is 16.5. The zero-order chi connectivity index (χ0) is 34.5. The Hall–Kier alpha value is -1.62. The number of hydrogen-bond acceptors (Lipinski definition) is 5. The van der Waals surface area contributed by atoms with Gasteiger partial charge in [-0.3, -0.25) is 0 Å². The summed E-state index contributed by atoms with van der Waals surface area (Å²) in [5.41, 5.74) is -0.781. The number of carbonyl (C=O) groups is 2. The molecule has 0 rings (SSSR count). The maximum atomic E-state index is 12.3.